The van der Waals surface area contributed by atoms with E-state index in [1.54, 1.807) is 48.5 Å². The van der Waals surface area contributed by atoms with Crippen LogP contribution in [-0.4, -0.2) is 24.6 Å². The van der Waals surface area contributed by atoms with Crippen molar-refractivity contribution in [3.05, 3.63) is 59.7 Å². The van der Waals surface area contributed by atoms with Crippen LogP contribution in [0.15, 0.2) is 48.5 Å². The van der Waals surface area contributed by atoms with Crippen molar-refractivity contribution >= 4 is 23.3 Å². The number of nitrogen functional groups attached to an aromatic ring is 2. The molecule has 0 amide bonds. The zero-order chi connectivity index (χ0) is 20.2. The molecule has 0 atom stereocenters. The number of hydrogen-bond donors (Lipinski definition) is 2. The van der Waals surface area contributed by atoms with Crippen LogP contribution in [0.4, 0.5) is 11.4 Å². The van der Waals surface area contributed by atoms with Crippen LogP contribution in [-0.2, 0) is 9.47 Å². The van der Waals surface area contributed by atoms with E-state index in [0.717, 1.165) is 12.8 Å². The number of carbonyl (C=O) groups is 2. The van der Waals surface area contributed by atoms with Gasteiger partial charge >= 0.3 is 11.9 Å². The SMILES string of the molecule is CC(C)OC(=O)c1ccc(N)cc1.CCCCOC(=O)c1ccc(N)cc1. The van der Waals surface area contributed by atoms with Crippen molar-refractivity contribution < 1.29 is 19.1 Å². The standard InChI is InChI=1S/C11H15NO2.C10H13NO2/c1-2-3-8-14-11(13)9-4-6-10(12)7-5-9;1-7(2)13-10(12)8-3-5-9(11)6-4-8/h4-7H,2-3,8,12H2,1H3;3-7H,11H2,1-2H3. The first kappa shape index (κ1) is 22.0. The second-order valence-electron chi connectivity index (χ2n) is 6.19. The molecule has 0 bridgehead atoms. The topological polar surface area (TPSA) is 105 Å². The van der Waals surface area contributed by atoms with E-state index in [1.807, 2.05) is 13.8 Å². The van der Waals surface area contributed by atoms with E-state index in [9.17, 15) is 9.59 Å². The molecule has 0 fully saturated rings. The molecular weight excluding hydrogens is 344 g/mol. The van der Waals surface area contributed by atoms with Gasteiger partial charge in [-0.05, 0) is 68.8 Å². The summed E-state index contributed by atoms with van der Waals surface area (Å²) in [7, 11) is 0. The van der Waals surface area contributed by atoms with Crippen LogP contribution in [0, 0.1) is 0 Å². The first-order valence-electron chi connectivity index (χ1n) is 8.92. The Labute approximate surface area is 160 Å². The zero-order valence-electron chi connectivity index (χ0n) is 16.1. The number of esters is 2. The van der Waals surface area contributed by atoms with E-state index in [4.69, 9.17) is 20.9 Å². The number of hydrogen-bond acceptors (Lipinski definition) is 6. The minimum atomic E-state index is -0.310. The summed E-state index contributed by atoms with van der Waals surface area (Å²) in [6, 6.07) is 13.4. The number of carbonyl (C=O) groups excluding carboxylic acids is 2. The van der Waals surface area contributed by atoms with Gasteiger partial charge in [0.15, 0.2) is 0 Å². The fourth-order valence-corrected chi connectivity index (χ4v) is 1.91. The molecule has 0 spiro atoms. The van der Waals surface area contributed by atoms with Crippen molar-refractivity contribution in [2.75, 3.05) is 18.1 Å². The average molecular weight is 372 g/mol. The molecule has 6 nitrogen and oxygen atoms in total. The van der Waals surface area contributed by atoms with Crippen molar-refractivity contribution in [1.82, 2.24) is 0 Å². The molecule has 2 rings (SSSR count). The Bertz CT molecular complexity index is 710. The molecule has 0 aromatic heterocycles. The predicted molar refractivity (Wildman–Crippen MR) is 107 cm³/mol. The number of anilines is 2. The van der Waals surface area contributed by atoms with Gasteiger partial charge in [-0.1, -0.05) is 13.3 Å². The van der Waals surface area contributed by atoms with Crippen LogP contribution in [0.3, 0.4) is 0 Å². The van der Waals surface area contributed by atoms with Gasteiger partial charge in [-0.3, -0.25) is 0 Å². The van der Waals surface area contributed by atoms with E-state index in [-0.39, 0.29) is 18.0 Å². The summed E-state index contributed by atoms with van der Waals surface area (Å²) in [4.78, 5) is 22.7. The minimum Gasteiger partial charge on any atom is -0.462 e. The minimum absolute atomic E-state index is 0.0925. The normalized spacial score (nSPS) is 9.93. The van der Waals surface area contributed by atoms with Crippen LogP contribution in [0.5, 0.6) is 0 Å². The van der Waals surface area contributed by atoms with Crippen molar-refractivity contribution in [2.45, 2.75) is 39.7 Å². The molecule has 0 aliphatic rings. The van der Waals surface area contributed by atoms with E-state index in [0.29, 0.717) is 29.1 Å². The lowest BCUT2D eigenvalue weighted by Gasteiger charge is -2.07. The Morgan fingerprint density at radius 3 is 1.70 bits per heavy atom. The van der Waals surface area contributed by atoms with Crippen LogP contribution >= 0.6 is 0 Å². The zero-order valence-corrected chi connectivity index (χ0v) is 16.1. The van der Waals surface area contributed by atoms with Gasteiger partial charge in [-0.2, -0.15) is 0 Å². The molecule has 27 heavy (non-hydrogen) atoms. The number of unbranched alkanes of at least 4 members (excludes halogenated alkanes) is 1. The van der Waals surface area contributed by atoms with Gasteiger partial charge < -0.3 is 20.9 Å². The van der Waals surface area contributed by atoms with Crippen molar-refractivity contribution in [3.8, 4) is 0 Å². The first-order valence-corrected chi connectivity index (χ1v) is 8.92. The van der Waals surface area contributed by atoms with E-state index in [1.165, 1.54) is 0 Å². The Morgan fingerprint density at radius 1 is 0.852 bits per heavy atom. The van der Waals surface area contributed by atoms with Crippen LogP contribution in [0.1, 0.15) is 54.3 Å². The third-order valence-corrected chi connectivity index (χ3v) is 3.37. The van der Waals surface area contributed by atoms with Crippen LogP contribution < -0.4 is 11.5 Å². The summed E-state index contributed by atoms with van der Waals surface area (Å²) in [6.45, 7) is 6.17. The highest BCUT2D eigenvalue weighted by Gasteiger charge is 2.07. The van der Waals surface area contributed by atoms with Gasteiger partial charge in [-0.15, -0.1) is 0 Å². The molecule has 0 aliphatic heterocycles. The highest BCUT2D eigenvalue weighted by molar-refractivity contribution is 5.90. The van der Waals surface area contributed by atoms with Gasteiger partial charge in [-0.25, -0.2) is 9.59 Å². The fourth-order valence-electron chi connectivity index (χ4n) is 1.91. The van der Waals surface area contributed by atoms with Gasteiger partial charge in [0.05, 0.1) is 23.8 Å². The highest BCUT2D eigenvalue weighted by Crippen LogP contribution is 2.08. The Hall–Kier alpha value is -3.02. The van der Waals surface area contributed by atoms with Gasteiger partial charge in [0.1, 0.15) is 0 Å². The maximum Gasteiger partial charge on any atom is 0.338 e. The Balaban J connectivity index is 0.000000271. The fraction of sp³-hybridized carbons (Fsp3) is 0.333. The Morgan fingerprint density at radius 2 is 1.30 bits per heavy atom. The molecule has 4 N–H and O–H groups in total. The first-order chi connectivity index (χ1) is 12.8. The summed E-state index contributed by atoms with van der Waals surface area (Å²) in [5.74, 6) is -0.589. The third-order valence-electron chi connectivity index (χ3n) is 3.37. The van der Waals surface area contributed by atoms with E-state index in [2.05, 4.69) is 6.92 Å². The van der Waals surface area contributed by atoms with Gasteiger partial charge in [0.2, 0.25) is 0 Å². The van der Waals surface area contributed by atoms with Crippen LogP contribution in [0.2, 0.25) is 0 Å². The molecule has 2 aromatic rings. The molecule has 6 heteroatoms. The second kappa shape index (κ2) is 11.6. The summed E-state index contributed by atoms with van der Waals surface area (Å²) in [5.41, 5.74) is 13.3. The molecule has 0 heterocycles. The van der Waals surface area contributed by atoms with Crippen molar-refractivity contribution in [3.63, 3.8) is 0 Å². The predicted octanol–water partition coefficient (Wildman–Crippen LogP) is 4.06. The quantitative estimate of drug-likeness (QED) is 0.450. The number of ether oxygens (including phenoxy) is 2. The monoisotopic (exact) mass is 372 g/mol. The summed E-state index contributed by atoms with van der Waals surface area (Å²) >= 11 is 0. The Kier molecular flexibility index (Phi) is 9.43. The maximum atomic E-state index is 11.4. The molecular formula is C21H28N2O4. The summed E-state index contributed by atoms with van der Waals surface area (Å²) < 4.78 is 10.0. The lowest BCUT2D eigenvalue weighted by atomic mass is 10.2. The second-order valence-corrected chi connectivity index (χ2v) is 6.19. The van der Waals surface area contributed by atoms with Crippen molar-refractivity contribution in [1.29, 1.82) is 0 Å². The van der Waals surface area contributed by atoms with E-state index >= 15 is 0 Å². The lowest BCUT2D eigenvalue weighted by molar-refractivity contribution is 0.0377. The van der Waals surface area contributed by atoms with Crippen LogP contribution in [0.25, 0.3) is 0 Å². The average Bonchev–Trinajstić information content (AvgIpc) is 2.63. The molecule has 2 aromatic carbocycles. The maximum absolute atomic E-state index is 11.4. The lowest BCUT2D eigenvalue weighted by Crippen LogP contribution is -2.11. The summed E-state index contributed by atoms with van der Waals surface area (Å²) in [6.07, 6.45) is 1.83. The molecule has 0 saturated heterocycles. The van der Waals surface area contributed by atoms with E-state index < -0.39 is 0 Å². The number of rotatable bonds is 6. The largest absolute Gasteiger partial charge is 0.462 e. The molecule has 0 radical (unpaired) electrons. The smallest absolute Gasteiger partial charge is 0.338 e. The number of nitrogens with two attached hydrogens (primary N) is 2. The molecule has 0 unspecified atom stereocenters. The van der Waals surface area contributed by atoms with Gasteiger partial charge in [0, 0.05) is 11.4 Å². The summed E-state index contributed by atoms with van der Waals surface area (Å²) in [5, 5.41) is 0. The number of benzene rings is 2. The third kappa shape index (κ3) is 8.76. The van der Waals surface area contributed by atoms with Gasteiger partial charge in [0.25, 0.3) is 0 Å². The molecule has 0 saturated carbocycles. The molecule has 146 valence electrons. The highest BCUT2D eigenvalue weighted by atomic mass is 16.5. The molecule has 0 aliphatic carbocycles. The van der Waals surface area contributed by atoms with Crippen molar-refractivity contribution in [2.24, 2.45) is 0 Å².